The number of rotatable bonds is 3. The van der Waals surface area contributed by atoms with Crippen molar-refractivity contribution in [1.29, 1.82) is 0 Å². The third-order valence-corrected chi connectivity index (χ3v) is 1.55. The number of hydrogen-bond donors (Lipinski definition) is 1. The molecule has 64 valence electrons. The van der Waals surface area contributed by atoms with Crippen LogP contribution in [0, 0.1) is 0 Å². The van der Waals surface area contributed by atoms with Gasteiger partial charge in [-0.3, -0.25) is 0 Å². The van der Waals surface area contributed by atoms with Gasteiger partial charge in [-0.2, -0.15) is 0 Å². The Hall–Kier alpha value is 0.170. The maximum absolute atomic E-state index is 10.1. The standard InChI is InChI=1S/C6H12O3.Ag/c1-3-6(9,4-2)5(7)8;/h9H,3-4H2,1-2H3,(H,7,8);/q;+1/p-1. The van der Waals surface area contributed by atoms with Crippen molar-refractivity contribution in [3.8, 4) is 0 Å². The molecule has 0 unspecified atom stereocenters. The Kier molecular flexibility index (Phi) is 6.29. The summed E-state index contributed by atoms with van der Waals surface area (Å²) >= 11 is 0. The zero-order valence-corrected chi connectivity index (χ0v) is 7.46. The average Bonchev–Trinajstić information content (AvgIpc) is 1.86. The van der Waals surface area contributed by atoms with Gasteiger partial charge in [0.25, 0.3) is 0 Å². The molecule has 0 radical (unpaired) electrons. The number of aliphatic carboxylic acids is 1. The molecule has 0 rings (SSSR count). The van der Waals surface area contributed by atoms with Crippen molar-refractivity contribution >= 4 is 5.97 Å². The van der Waals surface area contributed by atoms with E-state index in [1.807, 2.05) is 0 Å². The normalized spacial score (nSPS) is 10.3. The summed E-state index contributed by atoms with van der Waals surface area (Å²) in [5.41, 5.74) is -1.61. The number of carbonyl (C=O) groups is 1. The Labute approximate surface area is 75.9 Å². The maximum Gasteiger partial charge on any atom is 1.00 e. The van der Waals surface area contributed by atoms with Crippen molar-refractivity contribution < 1.29 is 37.4 Å². The van der Waals surface area contributed by atoms with Gasteiger partial charge in [-0.05, 0) is 12.8 Å². The quantitative estimate of drug-likeness (QED) is 0.661. The fourth-order valence-corrected chi connectivity index (χ4v) is 0.539. The first-order chi connectivity index (χ1) is 4.06. The summed E-state index contributed by atoms with van der Waals surface area (Å²) in [5, 5.41) is 19.2. The Bertz CT molecular complexity index is 110. The Morgan fingerprint density at radius 2 is 1.80 bits per heavy atom. The molecule has 10 heavy (non-hydrogen) atoms. The van der Waals surface area contributed by atoms with Gasteiger partial charge in [-0.1, -0.05) is 13.8 Å². The van der Waals surface area contributed by atoms with E-state index < -0.39 is 11.6 Å². The number of aliphatic hydroxyl groups is 1. The molecule has 0 saturated carbocycles. The fourth-order valence-electron chi connectivity index (χ4n) is 0.539. The van der Waals surface area contributed by atoms with Gasteiger partial charge in [0.05, 0.1) is 5.97 Å². The van der Waals surface area contributed by atoms with Crippen LogP contribution in [0.2, 0.25) is 0 Å². The second-order valence-electron chi connectivity index (χ2n) is 2.03. The largest absolute Gasteiger partial charge is 1.00 e. The summed E-state index contributed by atoms with van der Waals surface area (Å²) in [5.74, 6) is -1.38. The van der Waals surface area contributed by atoms with Gasteiger partial charge in [-0.25, -0.2) is 0 Å². The monoisotopic (exact) mass is 238 g/mol. The van der Waals surface area contributed by atoms with Crippen molar-refractivity contribution in [2.24, 2.45) is 0 Å². The van der Waals surface area contributed by atoms with E-state index in [4.69, 9.17) is 5.11 Å². The van der Waals surface area contributed by atoms with E-state index in [2.05, 4.69) is 0 Å². The van der Waals surface area contributed by atoms with Gasteiger partial charge in [0.15, 0.2) is 0 Å². The number of carboxylic acid groups (broad SMARTS) is 1. The molecule has 0 aliphatic heterocycles. The molecule has 0 aromatic heterocycles. The second kappa shape index (κ2) is 4.91. The number of carboxylic acids is 1. The molecule has 0 aliphatic rings. The minimum atomic E-state index is -1.61. The van der Waals surface area contributed by atoms with Crippen LogP contribution in [0.25, 0.3) is 0 Å². The summed E-state index contributed by atoms with van der Waals surface area (Å²) < 4.78 is 0. The SMILES string of the molecule is CCC(O)(CC)C(=O)[O-].[Ag+]. The zero-order valence-electron chi connectivity index (χ0n) is 5.98. The molecule has 1 N–H and O–H groups in total. The smallest absolute Gasteiger partial charge is 0.547 e. The van der Waals surface area contributed by atoms with Gasteiger partial charge in [0.2, 0.25) is 0 Å². The Morgan fingerprint density at radius 1 is 1.50 bits per heavy atom. The van der Waals surface area contributed by atoms with Gasteiger partial charge in [-0.15, -0.1) is 0 Å². The third kappa shape index (κ3) is 2.84. The van der Waals surface area contributed by atoms with E-state index >= 15 is 0 Å². The van der Waals surface area contributed by atoms with E-state index in [1.165, 1.54) is 0 Å². The van der Waals surface area contributed by atoms with Crippen molar-refractivity contribution in [2.45, 2.75) is 32.3 Å². The van der Waals surface area contributed by atoms with Crippen LogP contribution in [-0.4, -0.2) is 16.7 Å². The molecule has 0 heterocycles. The summed E-state index contributed by atoms with van der Waals surface area (Å²) in [6, 6.07) is 0. The molecule has 3 nitrogen and oxygen atoms in total. The number of carbonyl (C=O) groups excluding carboxylic acids is 1. The molecule has 0 bridgehead atoms. The Morgan fingerprint density at radius 3 is 1.80 bits per heavy atom. The first-order valence-electron chi connectivity index (χ1n) is 3.00. The van der Waals surface area contributed by atoms with Crippen molar-refractivity contribution in [2.75, 3.05) is 0 Å². The van der Waals surface area contributed by atoms with Crippen LogP contribution in [-0.2, 0) is 27.2 Å². The van der Waals surface area contributed by atoms with E-state index in [0.717, 1.165) is 0 Å². The van der Waals surface area contributed by atoms with Gasteiger partial charge in [0, 0.05) is 0 Å². The van der Waals surface area contributed by atoms with Crippen molar-refractivity contribution in [3.05, 3.63) is 0 Å². The van der Waals surface area contributed by atoms with Crippen LogP contribution in [0.4, 0.5) is 0 Å². The van der Waals surface area contributed by atoms with Gasteiger partial charge >= 0.3 is 22.4 Å². The average molecular weight is 239 g/mol. The predicted octanol–water partition coefficient (Wildman–Crippen LogP) is -0.715. The summed E-state index contributed by atoms with van der Waals surface area (Å²) in [6.07, 6.45) is 0.400. The van der Waals surface area contributed by atoms with Crippen LogP contribution in [0.1, 0.15) is 26.7 Å². The van der Waals surface area contributed by atoms with E-state index in [0.29, 0.717) is 0 Å². The summed E-state index contributed by atoms with van der Waals surface area (Å²) in [6.45, 7) is 3.22. The van der Waals surface area contributed by atoms with E-state index in [9.17, 15) is 9.90 Å². The Balaban J connectivity index is 0. The van der Waals surface area contributed by atoms with E-state index in [1.54, 1.807) is 13.8 Å². The minimum absolute atomic E-state index is 0. The summed E-state index contributed by atoms with van der Waals surface area (Å²) in [7, 11) is 0. The first-order valence-corrected chi connectivity index (χ1v) is 3.00. The van der Waals surface area contributed by atoms with Crippen LogP contribution < -0.4 is 5.11 Å². The third-order valence-electron chi connectivity index (χ3n) is 1.55. The molecule has 0 atom stereocenters. The minimum Gasteiger partial charge on any atom is -0.547 e. The van der Waals surface area contributed by atoms with Crippen LogP contribution in [0.15, 0.2) is 0 Å². The molecule has 0 fully saturated rings. The molecular formula is C6H11AgO3. The maximum atomic E-state index is 10.1. The molecule has 0 saturated heterocycles. The molecule has 0 aromatic carbocycles. The molecule has 0 spiro atoms. The van der Waals surface area contributed by atoms with Crippen LogP contribution in [0.3, 0.4) is 0 Å². The first kappa shape index (κ1) is 12.8. The molecule has 0 aliphatic carbocycles. The number of hydrogen-bond acceptors (Lipinski definition) is 3. The second-order valence-corrected chi connectivity index (χ2v) is 2.03. The molecule has 0 aromatic rings. The molecular weight excluding hydrogens is 228 g/mol. The zero-order chi connectivity index (χ0) is 7.49. The fraction of sp³-hybridized carbons (Fsp3) is 0.833. The van der Waals surface area contributed by atoms with Gasteiger partial charge < -0.3 is 15.0 Å². The summed E-state index contributed by atoms with van der Waals surface area (Å²) in [4.78, 5) is 10.1. The van der Waals surface area contributed by atoms with Gasteiger partial charge in [0.1, 0.15) is 5.60 Å². The molecule has 4 heteroatoms. The molecule has 0 amide bonds. The van der Waals surface area contributed by atoms with Crippen LogP contribution >= 0.6 is 0 Å². The topological polar surface area (TPSA) is 60.4 Å². The van der Waals surface area contributed by atoms with Crippen LogP contribution in [0.5, 0.6) is 0 Å². The van der Waals surface area contributed by atoms with Crippen molar-refractivity contribution in [3.63, 3.8) is 0 Å². The van der Waals surface area contributed by atoms with Crippen molar-refractivity contribution in [1.82, 2.24) is 0 Å². The predicted molar refractivity (Wildman–Crippen MR) is 30.5 cm³/mol. The van der Waals surface area contributed by atoms with E-state index in [-0.39, 0.29) is 35.2 Å².